The number of ether oxygens (including phenoxy) is 2. The molecule has 40 heavy (non-hydrogen) atoms. The third-order valence-electron chi connectivity index (χ3n) is 6.96. The second kappa shape index (κ2) is 11.0. The van der Waals surface area contributed by atoms with Gasteiger partial charge in [0.1, 0.15) is 28.2 Å². The zero-order chi connectivity index (χ0) is 28.4. The van der Waals surface area contributed by atoms with Gasteiger partial charge < -0.3 is 24.7 Å². The van der Waals surface area contributed by atoms with Gasteiger partial charge in [-0.3, -0.25) is 4.79 Å². The van der Waals surface area contributed by atoms with Gasteiger partial charge in [0.2, 0.25) is 0 Å². The van der Waals surface area contributed by atoms with Crippen LogP contribution in [0.5, 0.6) is 5.75 Å². The second-order valence-corrected chi connectivity index (χ2v) is 11.1. The zero-order valence-corrected chi connectivity index (χ0v) is 23.7. The fraction of sp³-hybridized carbons (Fsp3) is 0.400. The minimum atomic E-state index is -0.517. The van der Waals surface area contributed by atoms with Crippen molar-refractivity contribution < 1.29 is 14.3 Å². The molecule has 210 valence electrons. The highest BCUT2D eigenvalue weighted by Gasteiger charge is 2.25. The van der Waals surface area contributed by atoms with E-state index in [0.717, 1.165) is 42.7 Å². The van der Waals surface area contributed by atoms with E-state index >= 15 is 0 Å². The normalized spacial score (nSPS) is 14.4. The number of amides is 1. The lowest BCUT2D eigenvalue weighted by atomic mass is 10.0. The van der Waals surface area contributed by atoms with Gasteiger partial charge in [-0.1, -0.05) is 30.3 Å². The highest BCUT2D eigenvalue weighted by atomic mass is 16.6. The number of hydrogen-bond acceptors (Lipinski definition) is 7. The van der Waals surface area contributed by atoms with Crippen molar-refractivity contribution in [3.8, 4) is 17.1 Å². The molecule has 4 aromatic rings. The summed E-state index contributed by atoms with van der Waals surface area (Å²) in [6.45, 7) is 9.40. The number of hydrogen-bond donors (Lipinski definition) is 2. The number of methoxy groups -OCH3 is 1. The summed E-state index contributed by atoms with van der Waals surface area (Å²) in [5, 5.41) is 7.49. The quantitative estimate of drug-likeness (QED) is 0.363. The van der Waals surface area contributed by atoms with Crippen LogP contribution in [0.25, 0.3) is 22.4 Å². The molecule has 0 aliphatic carbocycles. The first kappa shape index (κ1) is 27.2. The molecule has 5 rings (SSSR count). The van der Waals surface area contributed by atoms with Crippen LogP contribution in [0.1, 0.15) is 44.9 Å². The minimum Gasteiger partial charge on any atom is -0.496 e. The maximum atomic E-state index is 13.3. The number of carbonyl (C=O) groups excluding carboxylic acids is 1. The van der Waals surface area contributed by atoms with Crippen molar-refractivity contribution in [3.05, 3.63) is 70.1 Å². The predicted molar refractivity (Wildman–Crippen MR) is 155 cm³/mol. The van der Waals surface area contributed by atoms with E-state index in [-0.39, 0.29) is 17.7 Å². The molecule has 10 nitrogen and oxygen atoms in total. The number of carbonyl (C=O) groups is 1. The van der Waals surface area contributed by atoms with E-state index in [1.54, 1.807) is 7.11 Å². The zero-order valence-electron chi connectivity index (χ0n) is 23.7. The van der Waals surface area contributed by atoms with Crippen molar-refractivity contribution >= 4 is 22.8 Å². The first-order valence-electron chi connectivity index (χ1n) is 13.6. The average molecular weight is 545 g/mol. The maximum absolute atomic E-state index is 13.3. The monoisotopic (exact) mass is 544 g/mol. The van der Waals surface area contributed by atoms with E-state index in [1.807, 2.05) is 76.2 Å². The first-order valence-corrected chi connectivity index (χ1v) is 13.6. The molecule has 1 aliphatic rings. The number of aromatic amines is 1. The molecule has 2 N–H and O–H groups in total. The van der Waals surface area contributed by atoms with Crippen LogP contribution in [-0.4, -0.2) is 57.7 Å². The lowest BCUT2D eigenvalue weighted by Crippen LogP contribution is -2.46. The largest absolute Gasteiger partial charge is 0.496 e. The Kier molecular flexibility index (Phi) is 7.51. The third kappa shape index (κ3) is 5.95. The Labute approximate surface area is 233 Å². The number of aromatic nitrogens is 4. The molecule has 1 saturated heterocycles. The van der Waals surface area contributed by atoms with E-state index in [1.165, 1.54) is 4.68 Å². The lowest BCUT2D eigenvalue weighted by Gasteiger charge is -2.34. The highest BCUT2D eigenvalue weighted by Crippen LogP contribution is 2.34. The summed E-state index contributed by atoms with van der Waals surface area (Å²) in [5.74, 6) is 1.21. The summed E-state index contributed by atoms with van der Waals surface area (Å²) in [6.07, 6.45) is 1.25. The SMILES string of the molecule is COc1cc(N2CCC(NC(=O)OC(C)(C)C)CC2)ccc1-c1nc2c(C)nn(Cc3ccccc3)c(=O)c2[nH]1. The Hall–Kier alpha value is -4.34. The summed E-state index contributed by atoms with van der Waals surface area (Å²) in [4.78, 5) is 35.6. The third-order valence-corrected chi connectivity index (χ3v) is 6.96. The first-order chi connectivity index (χ1) is 19.1. The van der Waals surface area contributed by atoms with Crippen LogP contribution in [-0.2, 0) is 11.3 Å². The van der Waals surface area contributed by atoms with E-state index in [4.69, 9.17) is 14.5 Å². The molecule has 2 aromatic carbocycles. The van der Waals surface area contributed by atoms with Gasteiger partial charge in [-0.15, -0.1) is 0 Å². The topological polar surface area (TPSA) is 114 Å². The van der Waals surface area contributed by atoms with Crippen LogP contribution >= 0.6 is 0 Å². The number of rotatable bonds is 6. The van der Waals surface area contributed by atoms with E-state index in [0.29, 0.717) is 34.8 Å². The van der Waals surface area contributed by atoms with Gasteiger partial charge in [-0.05, 0) is 58.2 Å². The number of nitrogens with one attached hydrogen (secondary N) is 2. The molecule has 0 atom stereocenters. The molecule has 0 bridgehead atoms. The van der Waals surface area contributed by atoms with Gasteiger partial charge in [0.25, 0.3) is 5.56 Å². The van der Waals surface area contributed by atoms with Crippen LogP contribution in [0.4, 0.5) is 10.5 Å². The second-order valence-electron chi connectivity index (χ2n) is 11.1. The molecule has 0 radical (unpaired) electrons. The van der Waals surface area contributed by atoms with Gasteiger partial charge in [0, 0.05) is 30.9 Å². The molecule has 1 aliphatic heterocycles. The van der Waals surface area contributed by atoms with E-state index < -0.39 is 5.60 Å². The summed E-state index contributed by atoms with van der Waals surface area (Å²) in [6, 6.07) is 15.8. The molecule has 3 heterocycles. The van der Waals surface area contributed by atoms with Crippen molar-refractivity contribution in [3.63, 3.8) is 0 Å². The average Bonchev–Trinajstić information content (AvgIpc) is 3.37. The molecule has 2 aromatic heterocycles. The molecule has 0 saturated carbocycles. The number of benzene rings is 2. The number of aryl methyl sites for hydroxylation is 1. The maximum Gasteiger partial charge on any atom is 0.407 e. The van der Waals surface area contributed by atoms with Crippen LogP contribution in [0.2, 0.25) is 0 Å². The summed E-state index contributed by atoms with van der Waals surface area (Å²) in [7, 11) is 1.63. The van der Waals surface area contributed by atoms with Crippen LogP contribution < -0.4 is 20.5 Å². The van der Waals surface area contributed by atoms with Crippen LogP contribution in [0, 0.1) is 6.92 Å². The minimum absolute atomic E-state index is 0.0746. The number of anilines is 1. The predicted octanol–water partition coefficient (Wildman–Crippen LogP) is 4.65. The van der Waals surface area contributed by atoms with Crippen LogP contribution in [0.15, 0.2) is 53.3 Å². The Morgan fingerprint density at radius 2 is 1.85 bits per heavy atom. The molecular formula is C30H36N6O4. The number of alkyl carbamates (subject to hydrolysis) is 1. The molecular weight excluding hydrogens is 508 g/mol. The lowest BCUT2D eigenvalue weighted by molar-refractivity contribution is 0.0497. The van der Waals surface area contributed by atoms with E-state index in [9.17, 15) is 9.59 Å². The van der Waals surface area contributed by atoms with Gasteiger partial charge in [-0.25, -0.2) is 14.5 Å². The fourth-order valence-electron chi connectivity index (χ4n) is 5.01. The Balaban J connectivity index is 1.34. The Morgan fingerprint density at radius 3 is 2.52 bits per heavy atom. The van der Waals surface area contributed by atoms with Crippen molar-refractivity contribution in [1.29, 1.82) is 0 Å². The Bertz CT molecular complexity index is 1560. The molecule has 0 spiro atoms. The van der Waals surface area contributed by atoms with Gasteiger partial charge >= 0.3 is 6.09 Å². The summed E-state index contributed by atoms with van der Waals surface area (Å²) in [5.41, 5.74) is 3.69. The molecule has 0 unspecified atom stereocenters. The Morgan fingerprint density at radius 1 is 1.12 bits per heavy atom. The van der Waals surface area contributed by atoms with Crippen molar-refractivity contribution in [1.82, 2.24) is 25.1 Å². The molecule has 1 amide bonds. The number of nitrogens with zero attached hydrogens (tertiary/aromatic N) is 4. The number of fused-ring (bicyclic) bond motifs is 1. The molecule has 10 heteroatoms. The summed E-state index contributed by atoms with van der Waals surface area (Å²) < 4.78 is 12.6. The van der Waals surface area contributed by atoms with Gasteiger partial charge in [0.05, 0.1) is 24.9 Å². The summed E-state index contributed by atoms with van der Waals surface area (Å²) >= 11 is 0. The smallest absolute Gasteiger partial charge is 0.407 e. The number of imidazole rings is 1. The van der Waals surface area contributed by atoms with Gasteiger partial charge in [0.15, 0.2) is 0 Å². The molecule has 1 fully saturated rings. The van der Waals surface area contributed by atoms with Crippen molar-refractivity contribution in [2.75, 3.05) is 25.1 Å². The van der Waals surface area contributed by atoms with Crippen molar-refractivity contribution in [2.24, 2.45) is 0 Å². The number of piperidine rings is 1. The van der Waals surface area contributed by atoms with E-state index in [2.05, 4.69) is 20.3 Å². The fourth-order valence-corrected chi connectivity index (χ4v) is 5.01. The standard InChI is InChI=1S/C30H36N6O4/c1-19-25-26(28(37)36(34-19)18-20-9-7-6-8-10-20)33-27(32-25)23-12-11-22(17-24(23)39-5)35-15-13-21(14-16-35)31-29(38)40-30(2,3)4/h6-12,17,21H,13-16,18H2,1-5H3,(H,31,38)(H,32,33). The number of H-pyrrole nitrogens is 1. The van der Waals surface area contributed by atoms with Crippen molar-refractivity contribution in [2.45, 2.75) is 58.7 Å². The highest BCUT2D eigenvalue weighted by molar-refractivity contribution is 5.82. The van der Waals surface area contributed by atoms with Crippen LogP contribution in [0.3, 0.4) is 0 Å². The van der Waals surface area contributed by atoms with Gasteiger partial charge in [-0.2, -0.15) is 5.10 Å².